The lowest BCUT2D eigenvalue weighted by Gasteiger charge is -2.60. The van der Waals surface area contributed by atoms with Gasteiger partial charge in [-0.1, -0.05) is 19.4 Å². The number of nitrogens with two attached hydrogens (primary N) is 1. The standard InChI is InChI=1S/C23H31NO4/c1-21-7-3-14(25)11-13(21)12-15(20(24)27)19-16(21)4-8-22(2)17(19)5-9-23(22)10-6-18(26)28-23/h11,15-17,19H,3-10,12H2,1-2H3,(H2,24,27)/t15-,16?,17?,19?,21+,22+,23-/m1/s1. The summed E-state index contributed by atoms with van der Waals surface area (Å²) in [6, 6.07) is 0. The van der Waals surface area contributed by atoms with Crippen LogP contribution >= 0.6 is 0 Å². The van der Waals surface area contributed by atoms with Crippen LogP contribution in [0.25, 0.3) is 0 Å². The maximum atomic E-state index is 12.6. The third-order valence-electron chi connectivity index (χ3n) is 9.71. The summed E-state index contributed by atoms with van der Waals surface area (Å²) in [4.78, 5) is 36.7. The molecule has 1 aliphatic heterocycles. The molecular weight excluding hydrogens is 354 g/mol. The van der Waals surface area contributed by atoms with E-state index in [1.54, 1.807) is 0 Å². The van der Waals surface area contributed by atoms with Crippen LogP contribution in [0.1, 0.15) is 71.6 Å². The number of primary amides is 1. The summed E-state index contributed by atoms with van der Waals surface area (Å²) in [5, 5.41) is 0. The number of rotatable bonds is 1. The van der Waals surface area contributed by atoms with Gasteiger partial charge in [0.25, 0.3) is 0 Å². The van der Waals surface area contributed by atoms with Gasteiger partial charge in [0.05, 0.1) is 0 Å². The fourth-order valence-corrected chi connectivity index (χ4v) is 8.15. The fraction of sp³-hybridized carbons (Fsp3) is 0.783. The summed E-state index contributed by atoms with van der Waals surface area (Å²) in [5.74, 6) is 0.630. The monoisotopic (exact) mass is 385 g/mol. The highest BCUT2D eigenvalue weighted by molar-refractivity contribution is 5.92. The van der Waals surface area contributed by atoms with E-state index in [-0.39, 0.29) is 45.9 Å². The first-order valence-corrected chi connectivity index (χ1v) is 11.0. The van der Waals surface area contributed by atoms with Gasteiger partial charge >= 0.3 is 5.97 Å². The third-order valence-corrected chi connectivity index (χ3v) is 9.71. The topological polar surface area (TPSA) is 86.5 Å². The van der Waals surface area contributed by atoms with Crippen LogP contribution in [0.4, 0.5) is 0 Å². The van der Waals surface area contributed by atoms with Gasteiger partial charge in [-0.05, 0) is 74.2 Å². The van der Waals surface area contributed by atoms with Crippen molar-refractivity contribution in [1.29, 1.82) is 0 Å². The molecule has 1 saturated heterocycles. The maximum Gasteiger partial charge on any atom is 0.306 e. The Kier molecular flexibility index (Phi) is 3.74. The van der Waals surface area contributed by atoms with E-state index >= 15 is 0 Å². The van der Waals surface area contributed by atoms with E-state index in [1.807, 2.05) is 6.08 Å². The van der Waals surface area contributed by atoms with E-state index in [0.29, 0.717) is 31.1 Å². The zero-order chi connectivity index (χ0) is 19.9. The first kappa shape index (κ1) is 18.4. The number of allylic oxidation sites excluding steroid dienone is 1. The van der Waals surface area contributed by atoms with Crippen LogP contribution in [0.5, 0.6) is 0 Å². The van der Waals surface area contributed by atoms with Gasteiger partial charge in [0.15, 0.2) is 5.78 Å². The molecule has 7 atom stereocenters. The molecule has 4 aliphatic carbocycles. The second-order valence-electron chi connectivity index (χ2n) is 10.5. The summed E-state index contributed by atoms with van der Waals surface area (Å²) in [5.41, 5.74) is 6.66. The molecule has 1 amide bonds. The molecule has 4 fully saturated rings. The molecular formula is C23H31NO4. The minimum absolute atomic E-state index is 0.00599. The lowest BCUT2D eigenvalue weighted by atomic mass is 9.44. The van der Waals surface area contributed by atoms with E-state index in [4.69, 9.17) is 10.5 Å². The molecule has 5 heteroatoms. The van der Waals surface area contributed by atoms with E-state index in [0.717, 1.165) is 44.1 Å². The first-order chi connectivity index (χ1) is 13.2. The molecule has 1 spiro atoms. The molecule has 0 radical (unpaired) electrons. The molecule has 1 heterocycles. The van der Waals surface area contributed by atoms with Gasteiger partial charge in [-0.25, -0.2) is 0 Å². The van der Waals surface area contributed by atoms with Crippen LogP contribution in [0.2, 0.25) is 0 Å². The Bertz CT molecular complexity index is 802. The van der Waals surface area contributed by atoms with Crippen molar-refractivity contribution >= 4 is 17.7 Å². The summed E-state index contributed by atoms with van der Waals surface area (Å²) in [7, 11) is 0. The van der Waals surface area contributed by atoms with Gasteiger partial charge in [0.2, 0.25) is 5.91 Å². The molecule has 28 heavy (non-hydrogen) atoms. The number of ketones is 1. The van der Waals surface area contributed by atoms with Gasteiger partial charge in [-0.15, -0.1) is 0 Å². The zero-order valence-electron chi connectivity index (χ0n) is 17.0. The number of carbonyl (C=O) groups is 3. The Hall–Kier alpha value is -1.65. The average molecular weight is 386 g/mol. The van der Waals surface area contributed by atoms with E-state index in [2.05, 4.69) is 13.8 Å². The number of amides is 1. The Morgan fingerprint density at radius 3 is 2.50 bits per heavy atom. The van der Waals surface area contributed by atoms with Crippen molar-refractivity contribution in [2.75, 3.05) is 0 Å². The van der Waals surface area contributed by atoms with Crippen molar-refractivity contribution in [1.82, 2.24) is 0 Å². The average Bonchev–Trinajstić information content (AvgIpc) is 3.16. The quantitative estimate of drug-likeness (QED) is 0.702. The molecule has 152 valence electrons. The summed E-state index contributed by atoms with van der Waals surface area (Å²) in [6.07, 6.45) is 9.21. The fourth-order valence-electron chi connectivity index (χ4n) is 8.15. The highest BCUT2D eigenvalue weighted by Gasteiger charge is 2.68. The van der Waals surface area contributed by atoms with E-state index in [9.17, 15) is 14.4 Å². The van der Waals surface area contributed by atoms with E-state index in [1.165, 1.54) is 0 Å². The number of carbonyl (C=O) groups excluding carboxylic acids is 3. The normalized spacial score (nSPS) is 49.9. The lowest BCUT2D eigenvalue weighted by Crippen LogP contribution is -2.58. The summed E-state index contributed by atoms with van der Waals surface area (Å²) in [6.45, 7) is 4.61. The maximum absolute atomic E-state index is 12.6. The molecule has 5 nitrogen and oxygen atoms in total. The second kappa shape index (κ2) is 5.70. The highest BCUT2D eigenvalue weighted by Crippen LogP contribution is 2.70. The van der Waals surface area contributed by atoms with Gasteiger partial charge in [-0.3, -0.25) is 14.4 Å². The van der Waals surface area contributed by atoms with Crippen molar-refractivity contribution < 1.29 is 19.1 Å². The minimum Gasteiger partial charge on any atom is -0.458 e. The predicted molar refractivity (Wildman–Crippen MR) is 103 cm³/mol. The molecule has 0 bridgehead atoms. The number of hydrogen-bond acceptors (Lipinski definition) is 4. The predicted octanol–water partition coefficient (Wildman–Crippen LogP) is 3.31. The molecule has 3 unspecified atom stereocenters. The molecule has 5 aliphatic rings. The highest BCUT2D eigenvalue weighted by atomic mass is 16.6. The second-order valence-corrected chi connectivity index (χ2v) is 10.5. The van der Waals surface area contributed by atoms with Crippen LogP contribution in [0.3, 0.4) is 0 Å². The minimum atomic E-state index is -0.346. The van der Waals surface area contributed by atoms with Gasteiger partial charge in [0, 0.05) is 24.2 Å². The Morgan fingerprint density at radius 2 is 1.82 bits per heavy atom. The Morgan fingerprint density at radius 1 is 1.07 bits per heavy atom. The van der Waals surface area contributed by atoms with E-state index < -0.39 is 0 Å². The van der Waals surface area contributed by atoms with Crippen LogP contribution in [0.15, 0.2) is 11.6 Å². The van der Waals surface area contributed by atoms with Crippen LogP contribution in [-0.2, 0) is 19.1 Å². The summed E-state index contributed by atoms with van der Waals surface area (Å²) >= 11 is 0. The van der Waals surface area contributed by atoms with Gasteiger partial charge in [0.1, 0.15) is 5.60 Å². The molecule has 0 aromatic heterocycles. The van der Waals surface area contributed by atoms with Crippen molar-refractivity contribution in [3.05, 3.63) is 11.6 Å². The van der Waals surface area contributed by atoms with Crippen molar-refractivity contribution in [3.8, 4) is 0 Å². The largest absolute Gasteiger partial charge is 0.458 e. The number of ether oxygens (including phenoxy) is 1. The van der Waals surface area contributed by atoms with Crippen molar-refractivity contribution in [2.24, 2.45) is 40.2 Å². The number of esters is 1. The van der Waals surface area contributed by atoms with Crippen molar-refractivity contribution in [3.63, 3.8) is 0 Å². The lowest BCUT2D eigenvalue weighted by molar-refractivity contribution is -0.172. The number of hydrogen-bond donors (Lipinski definition) is 1. The van der Waals surface area contributed by atoms with Crippen LogP contribution < -0.4 is 5.73 Å². The molecule has 2 N–H and O–H groups in total. The number of fused-ring (bicyclic) bond motifs is 6. The third kappa shape index (κ3) is 2.16. The Balaban J connectivity index is 1.57. The van der Waals surface area contributed by atoms with Gasteiger partial charge in [-0.2, -0.15) is 0 Å². The SMILES string of the molecule is C[C@]12CCC(=O)C=C1C[C@@H](C(N)=O)C1C2CC[C@@]2(C)C1CC[C@@]21CCC(=O)O1. The molecule has 0 aromatic carbocycles. The van der Waals surface area contributed by atoms with Crippen LogP contribution in [-0.4, -0.2) is 23.3 Å². The molecule has 5 rings (SSSR count). The smallest absolute Gasteiger partial charge is 0.306 e. The molecule has 0 aromatic rings. The summed E-state index contributed by atoms with van der Waals surface area (Å²) < 4.78 is 5.99. The Labute approximate surface area is 166 Å². The zero-order valence-corrected chi connectivity index (χ0v) is 17.0. The van der Waals surface area contributed by atoms with Gasteiger partial charge < -0.3 is 10.5 Å². The van der Waals surface area contributed by atoms with Crippen LogP contribution in [0, 0.1) is 34.5 Å². The molecule has 3 saturated carbocycles. The first-order valence-electron chi connectivity index (χ1n) is 11.0. The van der Waals surface area contributed by atoms with Crippen molar-refractivity contribution in [2.45, 2.75) is 77.2 Å².